The van der Waals surface area contributed by atoms with Crippen molar-refractivity contribution in [1.29, 1.82) is 0 Å². The zero-order valence-corrected chi connectivity index (χ0v) is 11.7. The van der Waals surface area contributed by atoms with E-state index in [0.717, 1.165) is 0 Å². The van der Waals surface area contributed by atoms with Crippen molar-refractivity contribution in [1.82, 2.24) is 4.98 Å². The van der Waals surface area contributed by atoms with Crippen LogP contribution in [0.25, 0.3) is 10.6 Å². The fourth-order valence-corrected chi connectivity index (χ4v) is 2.68. The number of aryl methyl sites for hydroxylation is 1. The summed E-state index contributed by atoms with van der Waals surface area (Å²) in [5.41, 5.74) is 1.38. The van der Waals surface area contributed by atoms with Crippen molar-refractivity contribution in [2.24, 2.45) is 0 Å². The highest BCUT2D eigenvalue weighted by Crippen LogP contribution is 2.30. The van der Waals surface area contributed by atoms with Gasteiger partial charge in [-0.3, -0.25) is 4.79 Å². The van der Waals surface area contributed by atoms with Crippen LogP contribution in [0.2, 0.25) is 0 Å². The molecule has 0 N–H and O–H groups in total. The van der Waals surface area contributed by atoms with Gasteiger partial charge in [-0.25, -0.2) is 9.37 Å². The maximum absolute atomic E-state index is 13.4. The fraction of sp³-hybridized carbons (Fsp3) is 0.167. The number of hydrogen-bond donors (Lipinski definition) is 0. The molecule has 2 aromatic rings. The van der Waals surface area contributed by atoms with Crippen LogP contribution in [0.15, 0.2) is 22.7 Å². The molecule has 0 aliphatic heterocycles. The molecule has 0 fully saturated rings. The van der Waals surface area contributed by atoms with Gasteiger partial charge in [-0.15, -0.1) is 11.3 Å². The number of rotatable bonds is 2. The monoisotopic (exact) mass is 313 g/mol. The van der Waals surface area contributed by atoms with Gasteiger partial charge in [0.15, 0.2) is 5.78 Å². The standard InChI is InChI=1S/C12H9BrFNOS/c1-6-11(7(2)16)17-12(15-6)8-3-4-9(13)10(14)5-8/h3-5H,1-2H3. The normalized spacial score (nSPS) is 10.6. The number of halogens is 2. The zero-order chi connectivity index (χ0) is 12.6. The zero-order valence-electron chi connectivity index (χ0n) is 9.25. The van der Waals surface area contributed by atoms with Crippen molar-refractivity contribution < 1.29 is 9.18 Å². The predicted molar refractivity (Wildman–Crippen MR) is 69.9 cm³/mol. The maximum atomic E-state index is 13.4. The molecule has 88 valence electrons. The van der Waals surface area contributed by atoms with Crippen LogP contribution in [0.5, 0.6) is 0 Å². The molecule has 2 rings (SSSR count). The van der Waals surface area contributed by atoms with E-state index in [-0.39, 0.29) is 11.6 Å². The Labute approximate surface area is 111 Å². The summed E-state index contributed by atoms with van der Waals surface area (Å²) in [5.74, 6) is -0.344. The molecule has 5 heteroatoms. The van der Waals surface area contributed by atoms with E-state index in [1.165, 1.54) is 24.3 Å². The third-order valence-electron chi connectivity index (χ3n) is 2.28. The lowest BCUT2D eigenvalue weighted by atomic mass is 10.2. The highest BCUT2D eigenvalue weighted by Gasteiger charge is 2.13. The number of aromatic nitrogens is 1. The number of benzene rings is 1. The van der Waals surface area contributed by atoms with Crippen LogP contribution in [-0.2, 0) is 0 Å². The molecule has 0 bridgehead atoms. The largest absolute Gasteiger partial charge is 0.294 e. The summed E-state index contributed by atoms with van der Waals surface area (Å²) in [6.07, 6.45) is 0. The molecule has 0 saturated heterocycles. The minimum Gasteiger partial charge on any atom is -0.294 e. The van der Waals surface area contributed by atoms with Crippen molar-refractivity contribution in [3.63, 3.8) is 0 Å². The number of carbonyl (C=O) groups is 1. The summed E-state index contributed by atoms with van der Waals surface area (Å²) < 4.78 is 13.8. The van der Waals surface area contributed by atoms with Gasteiger partial charge in [0.05, 0.1) is 15.0 Å². The third-order valence-corrected chi connectivity index (χ3v) is 4.23. The average Bonchev–Trinajstić information content (AvgIpc) is 2.64. The van der Waals surface area contributed by atoms with Gasteiger partial charge in [-0.2, -0.15) is 0 Å². The van der Waals surface area contributed by atoms with Crippen molar-refractivity contribution in [2.45, 2.75) is 13.8 Å². The summed E-state index contributed by atoms with van der Waals surface area (Å²) in [6, 6.07) is 4.82. The van der Waals surface area contributed by atoms with Crippen LogP contribution in [0.3, 0.4) is 0 Å². The quantitative estimate of drug-likeness (QED) is 0.777. The highest BCUT2D eigenvalue weighted by atomic mass is 79.9. The summed E-state index contributed by atoms with van der Waals surface area (Å²) in [4.78, 5) is 16.2. The van der Waals surface area contributed by atoms with Gasteiger partial charge in [0.2, 0.25) is 0 Å². The first kappa shape index (κ1) is 12.4. The van der Waals surface area contributed by atoms with Crippen molar-refractivity contribution in [2.75, 3.05) is 0 Å². The van der Waals surface area contributed by atoms with Gasteiger partial charge < -0.3 is 0 Å². The molecule has 1 heterocycles. The topological polar surface area (TPSA) is 30.0 Å². The first-order chi connectivity index (χ1) is 7.99. The van der Waals surface area contributed by atoms with Gasteiger partial charge in [0, 0.05) is 12.5 Å². The van der Waals surface area contributed by atoms with E-state index in [4.69, 9.17) is 0 Å². The van der Waals surface area contributed by atoms with Gasteiger partial charge in [0.1, 0.15) is 10.8 Å². The Morgan fingerprint density at radius 1 is 1.47 bits per heavy atom. The molecule has 0 aliphatic rings. The maximum Gasteiger partial charge on any atom is 0.171 e. The van der Waals surface area contributed by atoms with Crippen LogP contribution in [0, 0.1) is 12.7 Å². The Bertz CT molecular complexity index is 594. The minimum absolute atomic E-state index is 0.0103. The molecular formula is C12H9BrFNOS. The van der Waals surface area contributed by atoms with E-state index >= 15 is 0 Å². The lowest BCUT2D eigenvalue weighted by Crippen LogP contribution is -1.89. The number of carbonyl (C=O) groups excluding carboxylic acids is 1. The van der Waals surface area contributed by atoms with Gasteiger partial charge >= 0.3 is 0 Å². The summed E-state index contributed by atoms with van der Waals surface area (Å²) in [5, 5.41) is 0.666. The third kappa shape index (κ3) is 2.45. The van der Waals surface area contributed by atoms with Crippen molar-refractivity contribution in [3.05, 3.63) is 39.1 Å². The molecule has 0 saturated carbocycles. The second-order valence-corrected chi connectivity index (χ2v) is 5.47. The van der Waals surface area contributed by atoms with E-state index in [0.29, 0.717) is 25.6 Å². The minimum atomic E-state index is -0.334. The van der Waals surface area contributed by atoms with Crippen LogP contribution >= 0.6 is 27.3 Å². The number of thiazole rings is 1. The van der Waals surface area contributed by atoms with E-state index in [1.807, 2.05) is 0 Å². The number of hydrogen-bond acceptors (Lipinski definition) is 3. The first-order valence-corrected chi connectivity index (χ1v) is 6.54. The molecule has 0 amide bonds. The fourth-order valence-electron chi connectivity index (χ4n) is 1.48. The van der Waals surface area contributed by atoms with Crippen LogP contribution in [0.1, 0.15) is 22.3 Å². The van der Waals surface area contributed by atoms with Crippen LogP contribution in [0.4, 0.5) is 4.39 Å². The second kappa shape index (κ2) is 4.66. The summed E-state index contributed by atoms with van der Waals surface area (Å²) in [6.45, 7) is 3.29. The molecule has 1 aromatic heterocycles. The number of ketones is 1. The lowest BCUT2D eigenvalue weighted by molar-refractivity contribution is 0.102. The Morgan fingerprint density at radius 2 is 2.18 bits per heavy atom. The molecule has 0 atom stereocenters. The Kier molecular flexibility index (Phi) is 3.40. The number of Topliss-reactive ketones (excluding diaryl/α,β-unsaturated/α-hetero) is 1. The number of nitrogens with zero attached hydrogens (tertiary/aromatic N) is 1. The predicted octanol–water partition coefficient (Wildman–Crippen LogP) is 4.22. The Balaban J connectivity index is 2.50. The molecular weight excluding hydrogens is 305 g/mol. The molecule has 0 spiro atoms. The van der Waals surface area contributed by atoms with E-state index in [9.17, 15) is 9.18 Å². The van der Waals surface area contributed by atoms with Crippen molar-refractivity contribution >= 4 is 33.0 Å². The van der Waals surface area contributed by atoms with Crippen LogP contribution in [-0.4, -0.2) is 10.8 Å². The van der Waals surface area contributed by atoms with Gasteiger partial charge in [-0.05, 0) is 35.0 Å². The summed E-state index contributed by atoms with van der Waals surface area (Å²) in [7, 11) is 0. The van der Waals surface area contributed by atoms with E-state index < -0.39 is 0 Å². The molecule has 2 nitrogen and oxygen atoms in total. The van der Waals surface area contributed by atoms with Gasteiger partial charge in [-0.1, -0.05) is 6.07 Å². The molecule has 0 unspecified atom stereocenters. The SMILES string of the molecule is CC(=O)c1sc(-c2ccc(Br)c(F)c2)nc1C. The van der Waals surface area contributed by atoms with E-state index in [2.05, 4.69) is 20.9 Å². The molecule has 1 aromatic carbocycles. The second-order valence-electron chi connectivity index (χ2n) is 3.62. The molecule has 0 aliphatic carbocycles. The summed E-state index contributed by atoms with van der Waals surface area (Å²) >= 11 is 4.39. The molecule has 17 heavy (non-hydrogen) atoms. The average molecular weight is 314 g/mol. The highest BCUT2D eigenvalue weighted by molar-refractivity contribution is 9.10. The van der Waals surface area contributed by atoms with E-state index in [1.54, 1.807) is 19.1 Å². The Morgan fingerprint density at radius 3 is 2.71 bits per heavy atom. The van der Waals surface area contributed by atoms with Crippen molar-refractivity contribution in [3.8, 4) is 10.6 Å². The van der Waals surface area contributed by atoms with Gasteiger partial charge in [0.25, 0.3) is 0 Å². The lowest BCUT2D eigenvalue weighted by Gasteiger charge is -1.98. The molecule has 0 radical (unpaired) electrons. The van der Waals surface area contributed by atoms with Crippen LogP contribution < -0.4 is 0 Å². The Hall–Kier alpha value is -1.07. The first-order valence-electron chi connectivity index (χ1n) is 4.93. The smallest absolute Gasteiger partial charge is 0.171 e.